The van der Waals surface area contributed by atoms with Gasteiger partial charge in [-0.2, -0.15) is 0 Å². The van der Waals surface area contributed by atoms with Crippen LogP contribution < -0.4 is 0 Å². The highest BCUT2D eigenvalue weighted by atomic mass is 16.7. The minimum atomic E-state index is -0.214. The molecule has 0 unspecified atom stereocenters. The average molecular weight is 258 g/mol. The van der Waals surface area contributed by atoms with Crippen LogP contribution in [0.15, 0.2) is 24.3 Å². The highest BCUT2D eigenvalue weighted by Gasteiger charge is 2.53. The Labute approximate surface area is 116 Å². The zero-order chi connectivity index (χ0) is 13.7. The van der Waals surface area contributed by atoms with Gasteiger partial charge in [0.2, 0.25) is 0 Å². The van der Waals surface area contributed by atoms with Crippen LogP contribution in [0.4, 0.5) is 0 Å². The molecule has 0 bridgehead atoms. The number of benzene rings is 1. The molecule has 1 fully saturated rings. The smallest absolute Gasteiger partial charge is 0.403 e. The van der Waals surface area contributed by atoms with E-state index >= 15 is 0 Å². The maximum absolute atomic E-state index is 6.20. The molecule has 1 aliphatic heterocycles. The third kappa shape index (κ3) is 2.23. The van der Waals surface area contributed by atoms with E-state index < -0.39 is 0 Å². The van der Waals surface area contributed by atoms with Crippen molar-refractivity contribution in [2.45, 2.75) is 64.0 Å². The molecule has 0 radical (unpaired) electrons. The first-order chi connectivity index (χ1) is 8.89. The van der Waals surface area contributed by atoms with E-state index in [1.54, 1.807) is 0 Å². The van der Waals surface area contributed by atoms with Crippen LogP contribution in [0.25, 0.3) is 0 Å². The average Bonchev–Trinajstić information content (AvgIpc) is 2.58. The molecule has 3 rings (SSSR count). The molecule has 1 aliphatic carbocycles. The maximum Gasteiger partial charge on any atom is 0.461 e. The van der Waals surface area contributed by atoms with Crippen LogP contribution in [-0.4, -0.2) is 18.3 Å². The number of aryl methyl sites for hydroxylation is 1. The summed E-state index contributed by atoms with van der Waals surface area (Å²) in [6.45, 7) is 8.51. The zero-order valence-corrected chi connectivity index (χ0v) is 12.4. The maximum atomic E-state index is 6.20. The van der Waals surface area contributed by atoms with Crippen molar-refractivity contribution in [2.24, 2.45) is 0 Å². The van der Waals surface area contributed by atoms with Crippen LogP contribution in [0.5, 0.6) is 0 Å². The second-order valence-corrected chi connectivity index (χ2v) is 6.90. The largest absolute Gasteiger partial charge is 0.461 e. The van der Waals surface area contributed by atoms with Gasteiger partial charge in [-0.05, 0) is 63.9 Å². The van der Waals surface area contributed by atoms with E-state index in [1.807, 2.05) is 0 Å². The third-order valence-corrected chi connectivity index (χ3v) is 5.04. The van der Waals surface area contributed by atoms with Gasteiger partial charge in [0.15, 0.2) is 0 Å². The molecule has 0 spiro atoms. The van der Waals surface area contributed by atoms with Gasteiger partial charge in [0, 0.05) is 0 Å². The topological polar surface area (TPSA) is 18.5 Å². The van der Waals surface area contributed by atoms with Crippen molar-refractivity contribution in [3.8, 4) is 0 Å². The molecule has 0 amide bonds. The Morgan fingerprint density at radius 1 is 1.00 bits per heavy atom. The fourth-order valence-corrected chi connectivity index (χ4v) is 3.04. The van der Waals surface area contributed by atoms with Gasteiger partial charge < -0.3 is 9.31 Å². The molecule has 0 saturated carbocycles. The summed E-state index contributed by atoms with van der Waals surface area (Å²) in [5, 5.41) is 0. The lowest BCUT2D eigenvalue weighted by Gasteiger charge is -2.32. The van der Waals surface area contributed by atoms with Crippen LogP contribution in [0, 0.1) is 0 Å². The summed E-state index contributed by atoms with van der Waals surface area (Å²) in [5.74, 6) is 0.482. The lowest BCUT2D eigenvalue weighted by molar-refractivity contribution is 0.00578. The Balaban J connectivity index is 1.77. The highest BCUT2D eigenvalue weighted by Crippen LogP contribution is 2.43. The molecule has 0 N–H and O–H groups in total. The summed E-state index contributed by atoms with van der Waals surface area (Å²) in [7, 11) is -0.0571. The number of rotatable bonds is 1. The second-order valence-electron chi connectivity index (χ2n) is 6.90. The fraction of sp³-hybridized carbons (Fsp3) is 0.625. The summed E-state index contributed by atoms with van der Waals surface area (Å²) in [6.07, 6.45) is 3.38. The highest BCUT2D eigenvalue weighted by molar-refractivity contribution is 6.47. The van der Waals surface area contributed by atoms with Crippen molar-refractivity contribution >= 4 is 7.12 Å². The lowest BCUT2D eigenvalue weighted by atomic mass is 9.63. The van der Waals surface area contributed by atoms with Crippen LogP contribution in [-0.2, 0) is 22.2 Å². The van der Waals surface area contributed by atoms with E-state index in [9.17, 15) is 0 Å². The van der Waals surface area contributed by atoms with Crippen LogP contribution in [0.2, 0.25) is 5.82 Å². The second kappa shape index (κ2) is 4.36. The minimum absolute atomic E-state index is 0.0571. The molecule has 0 aromatic heterocycles. The zero-order valence-electron chi connectivity index (χ0n) is 12.4. The van der Waals surface area contributed by atoms with Crippen molar-refractivity contribution in [3.63, 3.8) is 0 Å². The third-order valence-electron chi connectivity index (χ3n) is 5.04. The monoisotopic (exact) mass is 258 g/mol. The molecule has 2 aliphatic rings. The van der Waals surface area contributed by atoms with Crippen LogP contribution in [0.3, 0.4) is 0 Å². The molecule has 1 heterocycles. The van der Waals surface area contributed by atoms with E-state index in [0.29, 0.717) is 5.82 Å². The van der Waals surface area contributed by atoms with E-state index in [0.717, 1.165) is 19.3 Å². The lowest BCUT2D eigenvalue weighted by Crippen LogP contribution is -2.41. The Morgan fingerprint density at radius 3 is 2.21 bits per heavy atom. The van der Waals surface area contributed by atoms with Gasteiger partial charge in [-0.15, -0.1) is 0 Å². The first-order valence-corrected chi connectivity index (χ1v) is 7.31. The van der Waals surface area contributed by atoms with Crippen molar-refractivity contribution < 1.29 is 9.31 Å². The molecular weight excluding hydrogens is 235 g/mol. The van der Waals surface area contributed by atoms with E-state index in [-0.39, 0.29) is 18.3 Å². The summed E-state index contributed by atoms with van der Waals surface area (Å²) in [4.78, 5) is 0. The Bertz CT molecular complexity index is 465. The summed E-state index contributed by atoms with van der Waals surface area (Å²) < 4.78 is 12.4. The van der Waals surface area contributed by atoms with Gasteiger partial charge in [-0.1, -0.05) is 24.3 Å². The van der Waals surface area contributed by atoms with Gasteiger partial charge in [-0.25, -0.2) is 0 Å². The Morgan fingerprint density at radius 2 is 1.58 bits per heavy atom. The number of fused-ring (bicyclic) bond motifs is 1. The van der Waals surface area contributed by atoms with Crippen LogP contribution >= 0.6 is 0 Å². The number of hydrogen-bond acceptors (Lipinski definition) is 2. The van der Waals surface area contributed by atoms with Crippen molar-refractivity contribution in [1.82, 2.24) is 0 Å². The van der Waals surface area contributed by atoms with Gasteiger partial charge in [-0.3, -0.25) is 0 Å². The fourth-order valence-electron chi connectivity index (χ4n) is 3.04. The Hall–Kier alpha value is -0.795. The SMILES string of the molecule is CC1(C)OB([C@H]2CCc3ccccc3C2)OC1(C)C. The first kappa shape index (κ1) is 13.2. The van der Waals surface area contributed by atoms with Gasteiger partial charge >= 0.3 is 7.12 Å². The van der Waals surface area contributed by atoms with Gasteiger partial charge in [0.1, 0.15) is 0 Å². The van der Waals surface area contributed by atoms with E-state index in [2.05, 4.69) is 52.0 Å². The minimum Gasteiger partial charge on any atom is -0.403 e. The molecule has 2 nitrogen and oxygen atoms in total. The predicted molar refractivity (Wildman–Crippen MR) is 78.3 cm³/mol. The molecule has 1 atom stereocenters. The first-order valence-electron chi connectivity index (χ1n) is 7.31. The van der Waals surface area contributed by atoms with Crippen molar-refractivity contribution in [2.75, 3.05) is 0 Å². The molecular formula is C16H23BO2. The Kier molecular flexibility index (Phi) is 3.03. The molecule has 19 heavy (non-hydrogen) atoms. The summed E-state index contributed by atoms with van der Waals surface area (Å²) >= 11 is 0. The standard InChI is InChI=1S/C16H23BO2/c1-15(2)16(3,4)19-17(18-15)14-10-9-12-7-5-6-8-13(12)11-14/h5-8,14H,9-11H2,1-4H3/t14-/m0/s1. The molecule has 102 valence electrons. The van der Waals surface area contributed by atoms with Crippen molar-refractivity contribution in [3.05, 3.63) is 35.4 Å². The quantitative estimate of drug-likeness (QED) is 0.716. The summed E-state index contributed by atoms with van der Waals surface area (Å²) in [5.41, 5.74) is 2.53. The number of hydrogen-bond donors (Lipinski definition) is 0. The summed E-state index contributed by atoms with van der Waals surface area (Å²) in [6, 6.07) is 8.75. The molecule has 3 heteroatoms. The normalized spacial score (nSPS) is 28.2. The van der Waals surface area contributed by atoms with Crippen molar-refractivity contribution in [1.29, 1.82) is 0 Å². The van der Waals surface area contributed by atoms with Gasteiger partial charge in [0.05, 0.1) is 11.2 Å². The molecule has 1 saturated heterocycles. The van der Waals surface area contributed by atoms with E-state index in [1.165, 1.54) is 11.1 Å². The van der Waals surface area contributed by atoms with Crippen LogP contribution in [0.1, 0.15) is 45.2 Å². The molecule has 1 aromatic carbocycles. The van der Waals surface area contributed by atoms with Gasteiger partial charge in [0.25, 0.3) is 0 Å². The van der Waals surface area contributed by atoms with E-state index in [4.69, 9.17) is 9.31 Å². The predicted octanol–water partition coefficient (Wildman–Crippen LogP) is 3.64. The molecule has 1 aromatic rings.